The highest BCUT2D eigenvalue weighted by Crippen LogP contribution is 2.33. The average molecular weight is 375 g/mol. The zero-order valence-corrected chi connectivity index (χ0v) is 15.2. The van der Waals surface area contributed by atoms with Crippen LogP contribution in [0.15, 0.2) is 36.4 Å². The molecule has 1 aromatic carbocycles. The van der Waals surface area contributed by atoms with Gasteiger partial charge in [-0.05, 0) is 44.5 Å². The molecule has 0 fully saturated rings. The van der Waals surface area contributed by atoms with Crippen molar-refractivity contribution in [1.29, 1.82) is 0 Å². The molecule has 1 heterocycles. The van der Waals surface area contributed by atoms with Gasteiger partial charge in [-0.1, -0.05) is 12.2 Å². The smallest absolute Gasteiger partial charge is 0.429 e. The van der Waals surface area contributed by atoms with Crippen molar-refractivity contribution in [2.45, 2.75) is 32.2 Å². The molecule has 7 nitrogen and oxygen atoms in total. The van der Waals surface area contributed by atoms with E-state index in [2.05, 4.69) is 10.4 Å². The van der Waals surface area contributed by atoms with Crippen LogP contribution in [-0.2, 0) is 9.47 Å². The van der Waals surface area contributed by atoms with Crippen LogP contribution in [-0.4, -0.2) is 41.4 Å². The Hall–Kier alpha value is -3.03. The quantitative estimate of drug-likeness (QED) is 0.628. The summed E-state index contributed by atoms with van der Waals surface area (Å²) in [5.41, 5.74) is 4.08. The van der Waals surface area contributed by atoms with Gasteiger partial charge in [-0.2, -0.15) is 0 Å². The van der Waals surface area contributed by atoms with Gasteiger partial charge in [0, 0.05) is 22.5 Å². The van der Waals surface area contributed by atoms with Crippen molar-refractivity contribution in [3.8, 4) is 0 Å². The number of hydrogen-bond donors (Lipinski definition) is 2. The maximum Gasteiger partial charge on any atom is 0.429 e. The Balaban J connectivity index is 1.88. The number of hydrogen-bond acceptors (Lipinski definition) is 4. The first-order valence-corrected chi connectivity index (χ1v) is 8.87. The summed E-state index contributed by atoms with van der Waals surface area (Å²) in [4.78, 5) is 27.6. The van der Waals surface area contributed by atoms with Gasteiger partial charge in [0.05, 0.1) is 19.3 Å². The topological polar surface area (TPSA) is 83.7 Å². The second-order valence-corrected chi connectivity index (χ2v) is 6.11. The van der Waals surface area contributed by atoms with Crippen LogP contribution in [0, 0.1) is 5.82 Å². The molecule has 1 aliphatic carbocycles. The molecule has 3 rings (SSSR count). The number of fused-ring (bicyclic) bond motifs is 1. The number of amides is 2. The van der Waals surface area contributed by atoms with E-state index in [0.717, 1.165) is 21.6 Å². The second-order valence-electron chi connectivity index (χ2n) is 6.11. The molecule has 0 spiro atoms. The number of nitrogens with zero attached hydrogens (tertiary/aromatic N) is 1. The first kappa shape index (κ1) is 18.8. The molecule has 27 heavy (non-hydrogen) atoms. The number of halogens is 1. The molecule has 0 radical (unpaired) electrons. The van der Waals surface area contributed by atoms with Crippen molar-refractivity contribution >= 4 is 23.1 Å². The highest BCUT2D eigenvalue weighted by molar-refractivity contribution is 5.81. The number of carbonyl (C=O) groups excluding carboxylic acids is 2. The van der Waals surface area contributed by atoms with E-state index in [0.29, 0.717) is 6.42 Å². The van der Waals surface area contributed by atoms with E-state index in [1.807, 2.05) is 18.2 Å². The lowest BCUT2D eigenvalue weighted by Gasteiger charge is -2.31. The SMILES string of the molecule is CCOC(=O)NN(C(=O)OCC)[C@H]1CC=C[C@@H]1c1cc2cc(F)ccc2[nH]1. The van der Waals surface area contributed by atoms with E-state index < -0.39 is 18.2 Å². The molecule has 0 saturated carbocycles. The monoisotopic (exact) mass is 375 g/mol. The zero-order chi connectivity index (χ0) is 19.4. The lowest BCUT2D eigenvalue weighted by molar-refractivity contribution is 0.0539. The minimum atomic E-state index is -0.727. The number of hydrazine groups is 1. The van der Waals surface area contributed by atoms with E-state index in [1.165, 1.54) is 12.1 Å². The van der Waals surface area contributed by atoms with Crippen LogP contribution < -0.4 is 5.43 Å². The standard InChI is InChI=1S/C19H22FN3O4/c1-3-26-18(24)22-23(19(25)27-4-2)17-7-5-6-14(17)16-11-12-10-13(20)8-9-15(12)21-16/h5-6,8-11,14,17,21H,3-4,7H2,1-2H3,(H,22,24)/t14-,17+/m1/s1. The van der Waals surface area contributed by atoms with Gasteiger partial charge in [-0.15, -0.1) is 0 Å². The van der Waals surface area contributed by atoms with Crippen LogP contribution in [0.5, 0.6) is 0 Å². The van der Waals surface area contributed by atoms with Crippen molar-refractivity contribution in [2.75, 3.05) is 13.2 Å². The summed E-state index contributed by atoms with van der Waals surface area (Å²) >= 11 is 0. The van der Waals surface area contributed by atoms with Crippen LogP contribution in [0.2, 0.25) is 0 Å². The molecule has 2 N–H and O–H groups in total. The fraction of sp³-hybridized carbons (Fsp3) is 0.368. The number of aromatic nitrogens is 1. The van der Waals surface area contributed by atoms with Crippen LogP contribution in [0.1, 0.15) is 31.9 Å². The molecular formula is C19H22FN3O4. The van der Waals surface area contributed by atoms with Crippen molar-refractivity contribution in [3.63, 3.8) is 0 Å². The summed E-state index contributed by atoms with van der Waals surface area (Å²) in [6, 6.07) is 5.95. The maximum absolute atomic E-state index is 13.5. The largest absolute Gasteiger partial charge is 0.449 e. The third kappa shape index (κ3) is 4.05. The molecule has 2 atom stereocenters. The van der Waals surface area contributed by atoms with Gasteiger partial charge in [-0.25, -0.2) is 24.4 Å². The van der Waals surface area contributed by atoms with Gasteiger partial charge in [0.25, 0.3) is 0 Å². The zero-order valence-electron chi connectivity index (χ0n) is 15.2. The van der Waals surface area contributed by atoms with Crippen molar-refractivity contribution in [1.82, 2.24) is 15.4 Å². The van der Waals surface area contributed by atoms with E-state index in [1.54, 1.807) is 19.9 Å². The number of carbonyl (C=O) groups is 2. The third-order valence-electron chi connectivity index (χ3n) is 4.38. The van der Waals surface area contributed by atoms with E-state index in [4.69, 9.17) is 9.47 Å². The first-order chi connectivity index (χ1) is 13.0. The molecule has 2 aromatic rings. The summed E-state index contributed by atoms with van der Waals surface area (Å²) in [7, 11) is 0. The number of nitrogens with one attached hydrogen (secondary N) is 2. The fourth-order valence-corrected chi connectivity index (χ4v) is 3.24. The first-order valence-electron chi connectivity index (χ1n) is 8.87. The van der Waals surface area contributed by atoms with Gasteiger partial charge in [0.1, 0.15) is 5.82 Å². The summed E-state index contributed by atoms with van der Waals surface area (Å²) in [6.07, 6.45) is 3.02. The summed E-state index contributed by atoms with van der Waals surface area (Å²) in [6.45, 7) is 3.73. The predicted octanol–water partition coefficient (Wildman–Crippen LogP) is 3.84. The second kappa shape index (κ2) is 8.11. The number of rotatable bonds is 4. The summed E-state index contributed by atoms with van der Waals surface area (Å²) in [5.74, 6) is -0.532. The number of aromatic amines is 1. The maximum atomic E-state index is 13.5. The fourth-order valence-electron chi connectivity index (χ4n) is 3.24. The van der Waals surface area contributed by atoms with E-state index in [9.17, 15) is 14.0 Å². The highest BCUT2D eigenvalue weighted by Gasteiger charge is 2.36. The lowest BCUT2D eigenvalue weighted by atomic mass is 9.99. The summed E-state index contributed by atoms with van der Waals surface area (Å²) in [5, 5.41) is 1.91. The van der Waals surface area contributed by atoms with Crippen molar-refractivity contribution < 1.29 is 23.5 Å². The predicted molar refractivity (Wildman–Crippen MR) is 97.6 cm³/mol. The van der Waals surface area contributed by atoms with E-state index in [-0.39, 0.29) is 24.9 Å². The average Bonchev–Trinajstić information content (AvgIpc) is 3.26. The van der Waals surface area contributed by atoms with Gasteiger partial charge in [0.15, 0.2) is 0 Å². The van der Waals surface area contributed by atoms with Crippen LogP contribution in [0.25, 0.3) is 10.9 Å². The molecule has 2 amide bonds. The van der Waals surface area contributed by atoms with Gasteiger partial charge < -0.3 is 14.5 Å². The third-order valence-corrected chi connectivity index (χ3v) is 4.38. The molecule has 1 aromatic heterocycles. The Labute approximate surface area is 156 Å². The van der Waals surface area contributed by atoms with Gasteiger partial charge in [-0.3, -0.25) is 0 Å². The van der Waals surface area contributed by atoms with Gasteiger partial charge in [0.2, 0.25) is 0 Å². The van der Waals surface area contributed by atoms with Crippen molar-refractivity contribution in [3.05, 3.63) is 47.9 Å². The lowest BCUT2D eigenvalue weighted by Crippen LogP contribution is -2.53. The molecule has 1 aliphatic rings. The minimum Gasteiger partial charge on any atom is -0.449 e. The normalized spacial score (nSPS) is 18.5. The van der Waals surface area contributed by atoms with Gasteiger partial charge >= 0.3 is 12.2 Å². The minimum absolute atomic E-state index is 0.177. The Morgan fingerprint density at radius 2 is 2.04 bits per heavy atom. The van der Waals surface area contributed by atoms with Crippen molar-refractivity contribution in [2.24, 2.45) is 0 Å². The Kier molecular flexibility index (Phi) is 5.63. The molecule has 0 aliphatic heterocycles. The molecule has 0 unspecified atom stereocenters. The Morgan fingerprint density at radius 1 is 1.26 bits per heavy atom. The van der Waals surface area contributed by atoms with Crippen LogP contribution >= 0.6 is 0 Å². The summed E-state index contributed by atoms with van der Waals surface area (Å²) < 4.78 is 23.5. The highest BCUT2D eigenvalue weighted by atomic mass is 19.1. The molecule has 8 heteroatoms. The number of benzene rings is 1. The Bertz CT molecular complexity index is 864. The molecule has 0 saturated heterocycles. The molecule has 0 bridgehead atoms. The number of ether oxygens (including phenoxy) is 2. The number of H-pyrrole nitrogens is 1. The van der Waals surface area contributed by atoms with E-state index >= 15 is 0 Å². The Morgan fingerprint density at radius 3 is 2.78 bits per heavy atom. The molecular weight excluding hydrogens is 353 g/mol. The molecule has 144 valence electrons. The van der Waals surface area contributed by atoms with Crippen LogP contribution in [0.4, 0.5) is 14.0 Å². The van der Waals surface area contributed by atoms with Crippen LogP contribution in [0.3, 0.4) is 0 Å².